The zero-order chi connectivity index (χ0) is 25.8. The van der Waals surface area contributed by atoms with Gasteiger partial charge in [-0.05, 0) is 60.7 Å². The zero-order valence-electron chi connectivity index (χ0n) is 21.2. The summed E-state index contributed by atoms with van der Waals surface area (Å²) in [4.78, 5) is 26.4. The van der Waals surface area contributed by atoms with Crippen molar-refractivity contribution < 1.29 is 19.1 Å². The minimum atomic E-state index is -0.367. The normalized spacial score (nSPS) is 20.9. The molecule has 37 heavy (non-hydrogen) atoms. The molecule has 2 aliphatic rings. The predicted octanol–water partition coefficient (Wildman–Crippen LogP) is 5.01. The molecular weight excluding hydrogens is 464 g/mol. The lowest BCUT2D eigenvalue weighted by molar-refractivity contribution is -0.137. The van der Waals surface area contributed by atoms with Crippen molar-refractivity contribution >= 4 is 11.9 Å². The summed E-state index contributed by atoms with van der Waals surface area (Å²) < 4.78 is 10.5. The van der Waals surface area contributed by atoms with Crippen LogP contribution in [0.4, 0.5) is 0 Å². The Bertz CT molecular complexity index is 1270. The Hall–Kier alpha value is -3.90. The summed E-state index contributed by atoms with van der Waals surface area (Å²) in [6, 6.07) is 25.6. The molecule has 5 rings (SSSR count). The number of nitrogens with zero attached hydrogens (tertiary/aromatic N) is 2. The third kappa shape index (κ3) is 5.02. The highest BCUT2D eigenvalue weighted by Crippen LogP contribution is 2.47. The molecule has 0 spiro atoms. The molecule has 190 valence electrons. The Labute approximate surface area is 218 Å². The van der Waals surface area contributed by atoms with E-state index in [1.54, 1.807) is 14.0 Å². The highest BCUT2D eigenvalue weighted by Gasteiger charge is 2.51. The Kier molecular flexibility index (Phi) is 7.37. The van der Waals surface area contributed by atoms with Gasteiger partial charge in [0.1, 0.15) is 5.75 Å². The largest absolute Gasteiger partial charge is 0.497 e. The van der Waals surface area contributed by atoms with Gasteiger partial charge in [-0.3, -0.25) is 9.80 Å². The molecule has 0 saturated carbocycles. The molecule has 1 amide bonds. The van der Waals surface area contributed by atoms with Crippen LogP contribution in [-0.4, -0.2) is 48.2 Å². The summed E-state index contributed by atoms with van der Waals surface area (Å²) >= 11 is 0. The van der Waals surface area contributed by atoms with E-state index >= 15 is 0 Å². The summed E-state index contributed by atoms with van der Waals surface area (Å²) in [6.45, 7) is 2.84. The molecule has 1 saturated heterocycles. The molecule has 2 heterocycles. The Morgan fingerprint density at radius 2 is 1.70 bits per heavy atom. The third-order valence-corrected chi connectivity index (χ3v) is 7.28. The van der Waals surface area contributed by atoms with Gasteiger partial charge < -0.3 is 9.47 Å². The Morgan fingerprint density at radius 1 is 0.973 bits per heavy atom. The summed E-state index contributed by atoms with van der Waals surface area (Å²) in [6.07, 6.45) is 4.97. The van der Waals surface area contributed by atoms with Crippen LogP contribution < -0.4 is 4.74 Å². The van der Waals surface area contributed by atoms with Crippen LogP contribution in [0.1, 0.15) is 40.0 Å². The lowest BCUT2D eigenvalue weighted by Gasteiger charge is -2.38. The van der Waals surface area contributed by atoms with E-state index in [0.29, 0.717) is 18.6 Å². The number of hydrogen-bond acceptors (Lipinski definition) is 5. The fourth-order valence-electron chi connectivity index (χ4n) is 5.62. The van der Waals surface area contributed by atoms with Crippen LogP contribution in [0.15, 0.2) is 91.0 Å². The highest BCUT2D eigenvalue weighted by molar-refractivity contribution is 5.94. The van der Waals surface area contributed by atoms with Crippen molar-refractivity contribution in [3.05, 3.63) is 113 Å². The van der Waals surface area contributed by atoms with Gasteiger partial charge in [-0.15, -0.1) is 0 Å². The van der Waals surface area contributed by atoms with Crippen molar-refractivity contribution in [1.29, 1.82) is 0 Å². The molecule has 0 bridgehead atoms. The van der Waals surface area contributed by atoms with Gasteiger partial charge in [0.05, 0.1) is 25.8 Å². The van der Waals surface area contributed by atoms with Crippen LogP contribution >= 0.6 is 0 Å². The van der Waals surface area contributed by atoms with Gasteiger partial charge in [-0.2, -0.15) is 0 Å². The predicted molar refractivity (Wildman–Crippen MR) is 142 cm³/mol. The number of esters is 1. The van der Waals surface area contributed by atoms with Crippen molar-refractivity contribution in [2.24, 2.45) is 5.92 Å². The van der Waals surface area contributed by atoms with Crippen LogP contribution in [0.2, 0.25) is 0 Å². The number of amides is 1. The lowest BCUT2D eigenvalue weighted by atomic mass is 9.82. The standard InChI is InChI=1S/C31H32N2O4/c1-3-37-29(34)18-17-27-28(21-22-13-15-25(36-2)16-14-22)33(31(35)24-10-5-4-6-11-24)32-20-19-23-9-7-8-12-26(23)30(27)32/h4-18,27-28,30H,3,19-21H2,1-2H3/b18-17+/t27-,28-,30+/m1/s1. The van der Waals surface area contributed by atoms with Crippen LogP contribution in [0.3, 0.4) is 0 Å². The second kappa shape index (κ2) is 11.0. The summed E-state index contributed by atoms with van der Waals surface area (Å²) in [5.74, 6) is 0.280. The van der Waals surface area contributed by atoms with E-state index in [0.717, 1.165) is 24.3 Å². The summed E-state index contributed by atoms with van der Waals surface area (Å²) in [7, 11) is 1.65. The number of hydrazine groups is 1. The first kappa shape index (κ1) is 24.8. The van der Waals surface area contributed by atoms with Gasteiger partial charge in [-0.1, -0.05) is 60.7 Å². The quantitative estimate of drug-likeness (QED) is 0.340. The number of benzene rings is 3. The average Bonchev–Trinajstić information content (AvgIpc) is 3.25. The van der Waals surface area contributed by atoms with Crippen molar-refractivity contribution in [2.45, 2.75) is 31.8 Å². The molecule has 0 aromatic heterocycles. The fourth-order valence-corrected chi connectivity index (χ4v) is 5.62. The van der Waals surface area contributed by atoms with E-state index in [1.807, 2.05) is 65.7 Å². The highest BCUT2D eigenvalue weighted by atomic mass is 16.5. The molecule has 0 N–H and O–H groups in total. The van der Waals surface area contributed by atoms with Crippen molar-refractivity contribution in [3.63, 3.8) is 0 Å². The first-order chi connectivity index (χ1) is 18.1. The number of fused-ring (bicyclic) bond motifs is 3. The van der Waals surface area contributed by atoms with Gasteiger partial charge in [0.25, 0.3) is 5.91 Å². The lowest BCUT2D eigenvalue weighted by Crippen LogP contribution is -2.48. The number of carbonyl (C=O) groups excluding carboxylic acids is 2. The first-order valence-electron chi connectivity index (χ1n) is 12.8. The number of rotatable bonds is 7. The maximum Gasteiger partial charge on any atom is 0.330 e. The maximum absolute atomic E-state index is 14.0. The molecule has 3 aromatic carbocycles. The van der Waals surface area contributed by atoms with Gasteiger partial charge >= 0.3 is 5.97 Å². The van der Waals surface area contributed by atoms with Crippen LogP contribution in [0.25, 0.3) is 0 Å². The van der Waals surface area contributed by atoms with E-state index in [-0.39, 0.29) is 29.9 Å². The van der Waals surface area contributed by atoms with E-state index in [1.165, 1.54) is 17.2 Å². The molecule has 0 aliphatic carbocycles. The van der Waals surface area contributed by atoms with Crippen molar-refractivity contribution in [1.82, 2.24) is 10.0 Å². The van der Waals surface area contributed by atoms with E-state index in [2.05, 4.69) is 29.3 Å². The number of carbonyl (C=O) groups is 2. The SMILES string of the molecule is CCOC(=O)/C=C/[C@@H]1[C@@H](Cc2ccc(OC)cc2)N(C(=O)c2ccccc2)N2CCc3ccccc3[C@@H]12. The fraction of sp³-hybridized carbons (Fsp3) is 0.290. The van der Waals surface area contributed by atoms with Crippen LogP contribution in [0.5, 0.6) is 5.75 Å². The minimum Gasteiger partial charge on any atom is -0.497 e. The second-order valence-corrected chi connectivity index (χ2v) is 9.38. The van der Waals surface area contributed by atoms with E-state index < -0.39 is 0 Å². The number of hydrogen-bond donors (Lipinski definition) is 0. The zero-order valence-corrected chi connectivity index (χ0v) is 21.2. The maximum atomic E-state index is 14.0. The molecule has 6 heteroatoms. The first-order valence-corrected chi connectivity index (χ1v) is 12.8. The van der Waals surface area contributed by atoms with E-state index in [4.69, 9.17) is 9.47 Å². The summed E-state index contributed by atoms with van der Waals surface area (Å²) in [5.41, 5.74) is 4.24. The molecule has 1 fully saturated rings. The Balaban J connectivity index is 1.60. The van der Waals surface area contributed by atoms with Crippen molar-refractivity contribution in [3.8, 4) is 5.75 Å². The molecule has 0 unspecified atom stereocenters. The molecule has 6 nitrogen and oxygen atoms in total. The van der Waals surface area contributed by atoms with Gasteiger partial charge in [0, 0.05) is 24.1 Å². The minimum absolute atomic E-state index is 0.0319. The third-order valence-electron chi connectivity index (χ3n) is 7.28. The average molecular weight is 497 g/mol. The second-order valence-electron chi connectivity index (χ2n) is 9.38. The van der Waals surface area contributed by atoms with Gasteiger partial charge in [0.15, 0.2) is 0 Å². The smallest absolute Gasteiger partial charge is 0.330 e. The Morgan fingerprint density at radius 3 is 2.43 bits per heavy atom. The number of ether oxygens (including phenoxy) is 2. The monoisotopic (exact) mass is 496 g/mol. The topological polar surface area (TPSA) is 59.1 Å². The van der Waals surface area contributed by atoms with Crippen LogP contribution in [0, 0.1) is 5.92 Å². The molecule has 2 aliphatic heterocycles. The van der Waals surface area contributed by atoms with Gasteiger partial charge in [-0.25, -0.2) is 9.80 Å². The van der Waals surface area contributed by atoms with E-state index in [9.17, 15) is 9.59 Å². The molecule has 3 aromatic rings. The van der Waals surface area contributed by atoms with Crippen LogP contribution in [-0.2, 0) is 22.4 Å². The molecule has 0 radical (unpaired) electrons. The van der Waals surface area contributed by atoms with Crippen molar-refractivity contribution in [2.75, 3.05) is 20.3 Å². The van der Waals surface area contributed by atoms with Gasteiger partial charge in [0.2, 0.25) is 0 Å². The summed E-state index contributed by atoms with van der Waals surface area (Å²) in [5, 5.41) is 4.16. The number of methoxy groups -OCH3 is 1. The molecule has 3 atom stereocenters. The molecular formula is C31H32N2O4.